The lowest BCUT2D eigenvalue weighted by Crippen LogP contribution is -2.27. The molecule has 0 bridgehead atoms. The third kappa shape index (κ3) is 2.29. The van der Waals surface area contributed by atoms with Crippen LogP contribution in [-0.4, -0.2) is 13.2 Å². The van der Waals surface area contributed by atoms with Crippen molar-refractivity contribution in [3.63, 3.8) is 0 Å². The maximum atomic E-state index is 6.51. The van der Waals surface area contributed by atoms with E-state index in [0.29, 0.717) is 5.92 Å². The molecule has 2 nitrogen and oxygen atoms in total. The van der Waals surface area contributed by atoms with E-state index in [0.717, 1.165) is 32.5 Å². The first-order valence-electron chi connectivity index (χ1n) is 7.87. The maximum absolute atomic E-state index is 6.51. The Labute approximate surface area is 125 Å². The van der Waals surface area contributed by atoms with Crippen LogP contribution < -0.4 is 5.73 Å². The van der Waals surface area contributed by atoms with Crippen LogP contribution >= 0.6 is 0 Å². The monoisotopic (exact) mass is 279 g/mol. The second-order valence-corrected chi connectivity index (χ2v) is 6.23. The first kappa shape index (κ1) is 13.1. The zero-order chi connectivity index (χ0) is 14.2. The number of hydrogen-bond donors (Lipinski definition) is 1. The Kier molecular flexibility index (Phi) is 3.28. The molecule has 1 heterocycles. The summed E-state index contributed by atoms with van der Waals surface area (Å²) in [5.41, 5.74) is 13.4. The highest BCUT2D eigenvalue weighted by Crippen LogP contribution is 2.38. The molecule has 2 aliphatic rings. The molecule has 2 aromatic carbocycles. The van der Waals surface area contributed by atoms with Crippen molar-refractivity contribution in [3.05, 3.63) is 59.2 Å². The van der Waals surface area contributed by atoms with Crippen molar-refractivity contribution in [1.82, 2.24) is 0 Å². The van der Waals surface area contributed by atoms with Gasteiger partial charge in [-0.15, -0.1) is 0 Å². The Balaban J connectivity index is 1.63. The highest BCUT2D eigenvalue weighted by Gasteiger charge is 2.24. The number of ether oxygens (including phenoxy) is 1. The van der Waals surface area contributed by atoms with Crippen molar-refractivity contribution >= 4 is 0 Å². The van der Waals surface area contributed by atoms with E-state index in [1.165, 1.54) is 27.8 Å². The quantitative estimate of drug-likeness (QED) is 0.776. The van der Waals surface area contributed by atoms with Crippen molar-refractivity contribution in [2.75, 3.05) is 13.2 Å². The van der Waals surface area contributed by atoms with Gasteiger partial charge in [0, 0.05) is 19.3 Å². The Morgan fingerprint density at radius 1 is 0.952 bits per heavy atom. The van der Waals surface area contributed by atoms with Gasteiger partial charge in [0.2, 0.25) is 0 Å². The summed E-state index contributed by atoms with van der Waals surface area (Å²) in [4.78, 5) is 0. The van der Waals surface area contributed by atoms with E-state index in [9.17, 15) is 0 Å². The zero-order valence-corrected chi connectivity index (χ0v) is 12.2. The second-order valence-electron chi connectivity index (χ2n) is 6.23. The van der Waals surface area contributed by atoms with E-state index in [4.69, 9.17) is 10.5 Å². The summed E-state index contributed by atoms with van der Waals surface area (Å²) in [6.45, 7) is 1.71. The smallest absolute Gasteiger partial charge is 0.0469 e. The minimum Gasteiger partial charge on any atom is -0.381 e. The molecular weight excluding hydrogens is 258 g/mol. The lowest BCUT2D eigenvalue weighted by molar-refractivity contribution is 0.0584. The molecule has 1 aliphatic heterocycles. The Morgan fingerprint density at radius 2 is 1.71 bits per heavy atom. The van der Waals surface area contributed by atoms with Crippen molar-refractivity contribution in [1.29, 1.82) is 0 Å². The summed E-state index contributed by atoms with van der Waals surface area (Å²) in [6.07, 6.45) is 3.21. The van der Waals surface area contributed by atoms with Crippen molar-refractivity contribution in [2.45, 2.75) is 25.3 Å². The first-order chi connectivity index (χ1) is 10.3. The molecule has 2 N–H and O–H groups in total. The summed E-state index contributed by atoms with van der Waals surface area (Å²) < 4.78 is 5.45. The van der Waals surface area contributed by atoms with Gasteiger partial charge in [0.15, 0.2) is 0 Å². The van der Waals surface area contributed by atoms with E-state index in [-0.39, 0.29) is 6.04 Å². The normalized spacial score (nSPS) is 19.1. The van der Waals surface area contributed by atoms with Crippen LogP contribution in [0.3, 0.4) is 0 Å². The number of hydrogen-bond acceptors (Lipinski definition) is 2. The highest BCUT2D eigenvalue weighted by molar-refractivity contribution is 5.77. The summed E-state index contributed by atoms with van der Waals surface area (Å²) in [5, 5.41) is 0. The predicted octanol–water partition coefficient (Wildman–Crippen LogP) is 3.68. The zero-order valence-electron chi connectivity index (χ0n) is 12.2. The van der Waals surface area contributed by atoms with Crippen molar-refractivity contribution in [2.24, 2.45) is 11.7 Å². The molecule has 0 radical (unpaired) electrons. The first-order valence-corrected chi connectivity index (χ1v) is 7.87. The van der Waals surface area contributed by atoms with Gasteiger partial charge in [-0.2, -0.15) is 0 Å². The van der Waals surface area contributed by atoms with Crippen LogP contribution in [0.25, 0.3) is 11.1 Å². The molecule has 4 rings (SSSR count). The summed E-state index contributed by atoms with van der Waals surface area (Å²) in [5.74, 6) is 0.556. The largest absolute Gasteiger partial charge is 0.381 e. The number of rotatable bonds is 2. The van der Waals surface area contributed by atoms with Crippen LogP contribution in [0, 0.1) is 5.92 Å². The summed E-state index contributed by atoms with van der Waals surface area (Å²) in [6, 6.07) is 15.6. The molecule has 2 aromatic rings. The Hall–Kier alpha value is -1.64. The van der Waals surface area contributed by atoms with E-state index < -0.39 is 0 Å². The van der Waals surface area contributed by atoms with Crippen molar-refractivity contribution in [3.8, 4) is 11.1 Å². The summed E-state index contributed by atoms with van der Waals surface area (Å²) >= 11 is 0. The fraction of sp³-hybridized carbons (Fsp3) is 0.368. The molecule has 0 saturated carbocycles. The van der Waals surface area contributed by atoms with Crippen LogP contribution in [0.2, 0.25) is 0 Å². The molecular formula is C19H21NO. The van der Waals surface area contributed by atoms with Gasteiger partial charge in [0.05, 0.1) is 0 Å². The second kappa shape index (κ2) is 5.28. The lowest BCUT2D eigenvalue weighted by atomic mass is 9.86. The third-order valence-electron chi connectivity index (χ3n) is 4.98. The fourth-order valence-electron chi connectivity index (χ4n) is 3.72. The fourth-order valence-corrected chi connectivity index (χ4v) is 3.72. The minimum absolute atomic E-state index is 0.142. The van der Waals surface area contributed by atoms with E-state index >= 15 is 0 Å². The Bertz CT molecular complexity index is 658. The van der Waals surface area contributed by atoms with E-state index in [2.05, 4.69) is 42.5 Å². The van der Waals surface area contributed by atoms with Gasteiger partial charge < -0.3 is 10.5 Å². The van der Waals surface area contributed by atoms with Crippen LogP contribution in [0.5, 0.6) is 0 Å². The molecule has 2 heteroatoms. The Morgan fingerprint density at radius 3 is 2.57 bits per heavy atom. The molecule has 0 amide bonds. The molecule has 108 valence electrons. The van der Waals surface area contributed by atoms with Gasteiger partial charge >= 0.3 is 0 Å². The lowest BCUT2D eigenvalue weighted by Gasteiger charge is -2.28. The average molecular weight is 279 g/mol. The SMILES string of the molecule is N[C@@H](c1ccc2c(c1)Cc1ccccc1-2)C1CCOCC1. The third-order valence-corrected chi connectivity index (χ3v) is 4.98. The molecule has 1 aliphatic carbocycles. The van der Waals surface area contributed by atoms with Crippen LogP contribution in [0.1, 0.15) is 35.6 Å². The van der Waals surface area contributed by atoms with Gasteiger partial charge in [-0.25, -0.2) is 0 Å². The van der Waals surface area contributed by atoms with Gasteiger partial charge in [-0.05, 0) is 53.0 Å². The van der Waals surface area contributed by atoms with Crippen LogP contribution in [-0.2, 0) is 11.2 Å². The topological polar surface area (TPSA) is 35.2 Å². The van der Waals surface area contributed by atoms with Gasteiger partial charge in [-0.1, -0.05) is 42.5 Å². The van der Waals surface area contributed by atoms with Gasteiger partial charge in [-0.3, -0.25) is 0 Å². The number of nitrogens with two attached hydrogens (primary N) is 1. The molecule has 1 saturated heterocycles. The van der Waals surface area contributed by atoms with Crippen LogP contribution in [0.4, 0.5) is 0 Å². The van der Waals surface area contributed by atoms with E-state index in [1.54, 1.807) is 0 Å². The van der Waals surface area contributed by atoms with Gasteiger partial charge in [0.1, 0.15) is 0 Å². The summed E-state index contributed by atoms with van der Waals surface area (Å²) in [7, 11) is 0. The minimum atomic E-state index is 0.142. The molecule has 1 fully saturated rings. The molecule has 1 atom stereocenters. The molecule has 0 unspecified atom stereocenters. The standard InChI is InChI=1S/C19H21NO/c20-19(13-7-9-21-10-8-13)15-5-6-18-16(12-15)11-14-3-1-2-4-17(14)18/h1-6,12-13,19H,7-11,20H2/t19-/m1/s1. The van der Waals surface area contributed by atoms with E-state index in [1.807, 2.05) is 0 Å². The predicted molar refractivity (Wildman–Crippen MR) is 85.2 cm³/mol. The number of benzene rings is 2. The van der Waals surface area contributed by atoms with Crippen LogP contribution in [0.15, 0.2) is 42.5 Å². The maximum Gasteiger partial charge on any atom is 0.0469 e. The average Bonchev–Trinajstić information content (AvgIpc) is 2.92. The highest BCUT2D eigenvalue weighted by atomic mass is 16.5. The molecule has 0 aromatic heterocycles. The molecule has 21 heavy (non-hydrogen) atoms. The number of fused-ring (bicyclic) bond motifs is 3. The van der Waals surface area contributed by atoms with Gasteiger partial charge in [0.25, 0.3) is 0 Å². The van der Waals surface area contributed by atoms with Crippen molar-refractivity contribution < 1.29 is 4.74 Å². The molecule has 0 spiro atoms.